The highest BCUT2D eigenvalue weighted by Gasteiger charge is 2.17. The Labute approximate surface area is 275 Å². The Morgan fingerprint density at radius 1 is 0.362 bits per heavy atom. The maximum absolute atomic E-state index is 6.09. The largest absolute Gasteiger partial charge is 0.456 e. The molecule has 0 spiro atoms. The number of para-hydroxylation sites is 1. The van der Waals surface area contributed by atoms with Crippen molar-refractivity contribution in [3.8, 4) is 11.1 Å². The lowest BCUT2D eigenvalue weighted by molar-refractivity contribution is 0.669. The third kappa shape index (κ3) is 4.25. The van der Waals surface area contributed by atoms with E-state index >= 15 is 0 Å². The fraction of sp³-hybridized carbons (Fsp3) is 0. The summed E-state index contributed by atoms with van der Waals surface area (Å²) in [4.78, 5) is 2.39. The molecule has 0 aliphatic rings. The minimum Gasteiger partial charge on any atom is -0.456 e. The maximum Gasteiger partial charge on any atom is 0.135 e. The van der Waals surface area contributed by atoms with Crippen LogP contribution < -0.4 is 4.90 Å². The highest BCUT2D eigenvalue weighted by molar-refractivity contribution is 7.25. The molecular weight excluding hydrogens is 591 g/mol. The third-order valence-corrected chi connectivity index (χ3v) is 10.6. The van der Waals surface area contributed by atoms with Crippen molar-refractivity contribution in [2.24, 2.45) is 0 Å². The summed E-state index contributed by atoms with van der Waals surface area (Å²) in [6, 6.07) is 59.2. The van der Waals surface area contributed by atoms with Crippen molar-refractivity contribution in [2.45, 2.75) is 0 Å². The Morgan fingerprint density at radius 3 is 1.87 bits per heavy atom. The molecule has 0 saturated carbocycles. The van der Waals surface area contributed by atoms with Crippen molar-refractivity contribution >= 4 is 92.1 Å². The van der Waals surface area contributed by atoms with E-state index in [0.717, 1.165) is 39.0 Å². The molecule has 2 heterocycles. The van der Waals surface area contributed by atoms with Crippen LogP contribution in [0.25, 0.3) is 74.8 Å². The molecule has 0 unspecified atom stereocenters. The van der Waals surface area contributed by atoms with E-state index in [1.54, 1.807) is 0 Å². The van der Waals surface area contributed by atoms with Crippen LogP contribution in [-0.2, 0) is 0 Å². The van der Waals surface area contributed by atoms with Crippen LogP contribution in [0.3, 0.4) is 0 Å². The molecule has 0 atom stereocenters. The van der Waals surface area contributed by atoms with Crippen LogP contribution in [0.5, 0.6) is 0 Å². The minimum atomic E-state index is 0.915. The third-order valence-electron chi connectivity index (χ3n) is 9.44. The van der Waals surface area contributed by atoms with Gasteiger partial charge in [0.1, 0.15) is 11.2 Å². The number of thiophene rings is 1. The normalized spacial score (nSPS) is 11.8. The van der Waals surface area contributed by atoms with Gasteiger partial charge in [-0.25, -0.2) is 0 Å². The van der Waals surface area contributed by atoms with E-state index in [9.17, 15) is 0 Å². The fourth-order valence-electron chi connectivity index (χ4n) is 7.14. The summed E-state index contributed by atoms with van der Waals surface area (Å²) < 4.78 is 8.70. The summed E-state index contributed by atoms with van der Waals surface area (Å²) in [7, 11) is 0. The first-order chi connectivity index (χ1) is 23.3. The number of fused-ring (bicyclic) bond motifs is 9. The van der Waals surface area contributed by atoms with Crippen molar-refractivity contribution < 1.29 is 4.42 Å². The van der Waals surface area contributed by atoms with Crippen LogP contribution in [0.2, 0.25) is 0 Å². The first-order valence-electron chi connectivity index (χ1n) is 15.9. The molecule has 8 aromatic carbocycles. The molecular formula is C44H27NOS. The topological polar surface area (TPSA) is 16.4 Å². The second-order valence-electron chi connectivity index (χ2n) is 12.2. The van der Waals surface area contributed by atoms with E-state index in [0.29, 0.717) is 0 Å². The van der Waals surface area contributed by atoms with Crippen LogP contribution in [-0.4, -0.2) is 0 Å². The zero-order valence-corrected chi connectivity index (χ0v) is 26.2. The first-order valence-corrected chi connectivity index (χ1v) is 16.7. The van der Waals surface area contributed by atoms with Gasteiger partial charge in [0.15, 0.2) is 0 Å². The van der Waals surface area contributed by atoms with Gasteiger partial charge >= 0.3 is 0 Å². The molecule has 220 valence electrons. The highest BCUT2D eigenvalue weighted by atomic mass is 32.1. The Morgan fingerprint density at radius 2 is 0.979 bits per heavy atom. The summed E-state index contributed by atoms with van der Waals surface area (Å²) in [5.74, 6) is 0. The monoisotopic (exact) mass is 617 g/mol. The molecule has 47 heavy (non-hydrogen) atoms. The van der Waals surface area contributed by atoms with Gasteiger partial charge < -0.3 is 9.32 Å². The lowest BCUT2D eigenvalue weighted by atomic mass is 10.0. The van der Waals surface area contributed by atoms with E-state index in [2.05, 4.69) is 157 Å². The van der Waals surface area contributed by atoms with Gasteiger partial charge in [0.25, 0.3) is 0 Å². The maximum atomic E-state index is 6.09. The van der Waals surface area contributed by atoms with Crippen LogP contribution >= 0.6 is 11.3 Å². The molecule has 10 rings (SSSR count). The SMILES string of the molecule is c1ccc2c(c1)ccc1ccc(N(c3ccc(-c4ccc5oc6ccccc6c5c4)cc3)c3ccc4c(c3)sc3ccccc34)cc12. The number of anilines is 3. The number of hydrogen-bond donors (Lipinski definition) is 0. The second kappa shape index (κ2) is 10.3. The van der Waals surface area contributed by atoms with E-state index in [4.69, 9.17) is 4.42 Å². The fourth-order valence-corrected chi connectivity index (χ4v) is 8.28. The van der Waals surface area contributed by atoms with Crippen LogP contribution in [0.4, 0.5) is 17.1 Å². The van der Waals surface area contributed by atoms with Gasteiger partial charge in [-0.1, -0.05) is 103 Å². The zero-order valence-electron chi connectivity index (χ0n) is 25.4. The molecule has 2 nitrogen and oxygen atoms in total. The van der Waals surface area contributed by atoms with Gasteiger partial charge in [0, 0.05) is 48.0 Å². The molecule has 0 aliphatic carbocycles. The molecule has 0 aliphatic heterocycles. The summed E-state index contributed by atoms with van der Waals surface area (Å²) in [6.45, 7) is 0. The summed E-state index contributed by atoms with van der Waals surface area (Å²) >= 11 is 1.86. The van der Waals surface area contributed by atoms with Gasteiger partial charge in [-0.05, 0) is 93.3 Å². The standard InChI is InChI=1S/C44H27NOS/c1-2-8-35-29(7-1)13-14-30-17-21-33(26-39(30)35)45(34-22-23-38-37-10-4-6-12-43(37)47-44(38)27-34)32-19-15-28(16-20-32)31-18-24-42-40(25-31)36-9-3-5-11-41(36)46-42/h1-27H. The van der Waals surface area contributed by atoms with Gasteiger partial charge in [-0.15, -0.1) is 11.3 Å². The Hall–Kier alpha value is -5.90. The van der Waals surface area contributed by atoms with Crippen molar-refractivity contribution in [1.29, 1.82) is 0 Å². The second-order valence-corrected chi connectivity index (χ2v) is 13.2. The van der Waals surface area contributed by atoms with Crippen molar-refractivity contribution in [3.05, 3.63) is 164 Å². The Balaban J connectivity index is 1.13. The predicted molar refractivity (Wildman–Crippen MR) is 202 cm³/mol. The van der Waals surface area contributed by atoms with Gasteiger partial charge in [-0.2, -0.15) is 0 Å². The number of furan rings is 1. The van der Waals surface area contributed by atoms with E-state index < -0.39 is 0 Å². The molecule has 0 fully saturated rings. The Kier molecular flexibility index (Phi) is 5.78. The lowest BCUT2D eigenvalue weighted by Gasteiger charge is -2.26. The quantitative estimate of drug-likeness (QED) is 0.183. The first kappa shape index (κ1) is 26.3. The summed E-state index contributed by atoms with van der Waals surface area (Å²) in [5.41, 5.74) is 7.57. The number of nitrogens with zero attached hydrogens (tertiary/aromatic N) is 1. The molecule has 0 N–H and O–H groups in total. The molecule has 10 aromatic rings. The molecule has 2 aromatic heterocycles. The summed E-state index contributed by atoms with van der Waals surface area (Å²) in [6.07, 6.45) is 0. The predicted octanol–water partition coefficient (Wildman–Crippen LogP) is 13.4. The van der Waals surface area contributed by atoms with Gasteiger partial charge in [-0.3, -0.25) is 0 Å². The van der Waals surface area contributed by atoms with Crippen LogP contribution in [0, 0.1) is 0 Å². The molecule has 3 heteroatoms. The number of benzene rings is 8. The molecule has 0 saturated heterocycles. The van der Waals surface area contributed by atoms with E-state index in [-0.39, 0.29) is 0 Å². The van der Waals surface area contributed by atoms with Crippen LogP contribution in [0.1, 0.15) is 0 Å². The molecule has 0 bridgehead atoms. The van der Waals surface area contributed by atoms with Crippen molar-refractivity contribution in [2.75, 3.05) is 4.90 Å². The van der Waals surface area contributed by atoms with Gasteiger partial charge in [0.05, 0.1) is 0 Å². The molecule has 0 radical (unpaired) electrons. The Bertz CT molecular complexity index is 2810. The van der Waals surface area contributed by atoms with E-state index in [1.165, 1.54) is 52.8 Å². The minimum absolute atomic E-state index is 0.915. The smallest absolute Gasteiger partial charge is 0.135 e. The molecule has 0 amide bonds. The average Bonchev–Trinajstić information content (AvgIpc) is 3.69. The zero-order chi connectivity index (χ0) is 30.9. The lowest BCUT2D eigenvalue weighted by Crippen LogP contribution is -2.09. The van der Waals surface area contributed by atoms with Crippen molar-refractivity contribution in [3.63, 3.8) is 0 Å². The highest BCUT2D eigenvalue weighted by Crippen LogP contribution is 2.42. The number of rotatable bonds is 4. The van der Waals surface area contributed by atoms with Gasteiger partial charge in [0.2, 0.25) is 0 Å². The van der Waals surface area contributed by atoms with E-state index in [1.807, 2.05) is 23.5 Å². The van der Waals surface area contributed by atoms with Crippen molar-refractivity contribution in [1.82, 2.24) is 0 Å². The van der Waals surface area contributed by atoms with Crippen LogP contribution in [0.15, 0.2) is 168 Å². The number of hydrogen-bond acceptors (Lipinski definition) is 3. The average molecular weight is 618 g/mol. The summed E-state index contributed by atoms with van der Waals surface area (Å²) in [5, 5.41) is 9.92.